The van der Waals surface area contributed by atoms with Gasteiger partial charge in [-0.3, -0.25) is 4.79 Å². The second-order valence-electron chi connectivity index (χ2n) is 7.67. The highest BCUT2D eigenvalue weighted by Crippen LogP contribution is 2.27. The zero-order chi connectivity index (χ0) is 24.9. The van der Waals surface area contributed by atoms with Crippen molar-refractivity contribution < 1.29 is 13.2 Å². The third-order valence-corrected chi connectivity index (χ3v) is 8.32. The van der Waals surface area contributed by atoms with Crippen LogP contribution in [0.4, 0.5) is 5.69 Å². The average Bonchev–Trinajstić information content (AvgIpc) is 2.80. The molecule has 0 spiro atoms. The van der Waals surface area contributed by atoms with Gasteiger partial charge in [-0.15, -0.1) is 0 Å². The van der Waals surface area contributed by atoms with E-state index in [1.165, 1.54) is 12.1 Å². The summed E-state index contributed by atoms with van der Waals surface area (Å²) in [7, 11) is -4.00. The van der Waals surface area contributed by atoms with Crippen molar-refractivity contribution in [2.45, 2.75) is 38.1 Å². The van der Waals surface area contributed by atoms with Crippen LogP contribution >= 0.6 is 39.1 Å². The molecular formula is C25H25BrCl2N2O3S. The fourth-order valence-corrected chi connectivity index (χ4v) is 5.67. The van der Waals surface area contributed by atoms with E-state index in [0.29, 0.717) is 15.6 Å². The van der Waals surface area contributed by atoms with Gasteiger partial charge < -0.3 is 5.32 Å². The predicted octanol–water partition coefficient (Wildman–Crippen LogP) is 6.71. The molecule has 9 heteroatoms. The Morgan fingerprint density at radius 3 is 2.12 bits per heavy atom. The van der Waals surface area contributed by atoms with E-state index in [9.17, 15) is 13.2 Å². The standard InChI is InChI=1S/C25H25BrCl2N2O3S/c1-3-17-6-5-7-18(4-2)25(17)29-24(31)16-30(15-19-8-11-21(27)14-23(19)28)34(32,33)22-12-9-20(26)10-13-22/h5-14H,3-4,15-16H2,1-2H3,(H,29,31). The summed E-state index contributed by atoms with van der Waals surface area (Å²) in [5.41, 5.74) is 3.28. The van der Waals surface area contributed by atoms with Crippen LogP contribution in [-0.2, 0) is 34.2 Å². The van der Waals surface area contributed by atoms with E-state index in [2.05, 4.69) is 21.2 Å². The van der Waals surface area contributed by atoms with Gasteiger partial charge in [-0.25, -0.2) is 8.42 Å². The Kier molecular flexibility index (Phi) is 9.18. The van der Waals surface area contributed by atoms with E-state index < -0.39 is 15.9 Å². The number of hydrogen-bond acceptors (Lipinski definition) is 3. The fraction of sp³-hybridized carbons (Fsp3) is 0.240. The van der Waals surface area contributed by atoms with Crippen molar-refractivity contribution in [3.8, 4) is 0 Å². The maximum Gasteiger partial charge on any atom is 0.243 e. The number of sulfonamides is 1. The normalized spacial score (nSPS) is 11.6. The van der Waals surface area contributed by atoms with Gasteiger partial charge in [-0.2, -0.15) is 4.31 Å². The quantitative estimate of drug-likeness (QED) is 0.304. The predicted molar refractivity (Wildman–Crippen MR) is 142 cm³/mol. The van der Waals surface area contributed by atoms with Crippen molar-refractivity contribution in [1.82, 2.24) is 4.31 Å². The topological polar surface area (TPSA) is 66.5 Å². The lowest BCUT2D eigenvalue weighted by atomic mass is 10.0. The number of benzene rings is 3. The van der Waals surface area contributed by atoms with E-state index >= 15 is 0 Å². The SMILES string of the molecule is CCc1cccc(CC)c1NC(=O)CN(Cc1ccc(Cl)cc1Cl)S(=O)(=O)c1ccc(Br)cc1. The van der Waals surface area contributed by atoms with Crippen molar-refractivity contribution in [2.75, 3.05) is 11.9 Å². The number of nitrogens with zero attached hydrogens (tertiary/aromatic N) is 1. The third kappa shape index (κ3) is 6.40. The number of carbonyl (C=O) groups excluding carboxylic acids is 1. The monoisotopic (exact) mass is 582 g/mol. The molecule has 0 heterocycles. The molecule has 34 heavy (non-hydrogen) atoms. The molecule has 3 aromatic rings. The number of aryl methyl sites for hydroxylation is 2. The van der Waals surface area contributed by atoms with E-state index in [-0.39, 0.29) is 18.0 Å². The summed E-state index contributed by atoms with van der Waals surface area (Å²) in [5.74, 6) is -0.429. The number of carbonyl (C=O) groups is 1. The van der Waals surface area contributed by atoms with Crippen LogP contribution in [-0.4, -0.2) is 25.2 Å². The number of nitrogens with one attached hydrogen (secondary N) is 1. The van der Waals surface area contributed by atoms with Crippen LogP contribution < -0.4 is 5.32 Å². The molecule has 0 aliphatic carbocycles. The minimum Gasteiger partial charge on any atom is -0.324 e. The highest BCUT2D eigenvalue weighted by molar-refractivity contribution is 9.10. The molecule has 180 valence electrons. The van der Waals surface area contributed by atoms with Gasteiger partial charge in [0.2, 0.25) is 15.9 Å². The van der Waals surface area contributed by atoms with Gasteiger partial charge in [-0.05, 0) is 65.9 Å². The van der Waals surface area contributed by atoms with Crippen molar-refractivity contribution in [3.05, 3.63) is 91.9 Å². The van der Waals surface area contributed by atoms with Gasteiger partial charge >= 0.3 is 0 Å². The molecule has 1 N–H and O–H groups in total. The molecule has 3 aromatic carbocycles. The smallest absolute Gasteiger partial charge is 0.243 e. The molecule has 0 saturated carbocycles. The first-order valence-electron chi connectivity index (χ1n) is 10.8. The summed E-state index contributed by atoms with van der Waals surface area (Å²) < 4.78 is 28.9. The number of amides is 1. The van der Waals surface area contributed by atoms with Crippen LogP contribution in [0.25, 0.3) is 0 Å². The molecule has 1 amide bonds. The van der Waals surface area contributed by atoms with E-state index in [1.807, 2.05) is 32.0 Å². The molecule has 0 aromatic heterocycles. The van der Waals surface area contributed by atoms with Gasteiger partial charge in [0.05, 0.1) is 11.4 Å². The Labute approximate surface area is 219 Å². The highest BCUT2D eigenvalue weighted by atomic mass is 79.9. The lowest BCUT2D eigenvalue weighted by Crippen LogP contribution is -2.38. The molecule has 0 radical (unpaired) electrons. The summed E-state index contributed by atoms with van der Waals surface area (Å²) in [4.78, 5) is 13.2. The summed E-state index contributed by atoms with van der Waals surface area (Å²) in [6, 6.07) is 17.0. The molecule has 0 aliphatic heterocycles. The number of hydrogen-bond donors (Lipinski definition) is 1. The van der Waals surface area contributed by atoms with Crippen molar-refractivity contribution in [1.29, 1.82) is 0 Å². The first-order chi connectivity index (χ1) is 16.1. The van der Waals surface area contributed by atoms with Crippen molar-refractivity contribution >= 4 is 60.7 Å². The van der Waals surface area contributed by atoms with Crippen LogP contribution in [0.5, 0.6) is 0 Å². The van der Waals surface area contributed by atoms with Gasteiger partial charge in [0.15, 0.2) is 0 Å². The Hall–Kier alpha value is -1.90. The first kappa shape index (κ1) is 26.7. The summed E-state index contributed by atoms with van der Waals surface area (Å²) >= 11 is 15.6. The number of rotatable bonds is 9. The zero-order valence-electron chi connectivity index (χ0n) is 18.8. The van der Waals surface area contributed by atoms with E-state index in [1.54, 1.807) is 30.3 Å². The Morgan fingerprint density at radius 1 is 0.941 bits per heavy atom. The van der Waals surface area contributed by atoms with Crippen LogP contribution in [0.1, 0.15) is 30.5 Å². The Bertz CT molecular complexity index is 1260. The van der Waals surface area contributed by atoms with Crippen molar-refractivity contribution in [3.63, 3.8) is 0 Å². The van der Waals surface area contributed by atoms with Gasteiger partial charge in [0, 0.05) is 26.8 Å². The first-order valence-corrected chi connectivity index (χ1v) is 13.7. The molecule has 0 fully saturated rings. The van der Waals surface area contributed by atoms with Crippen LogP contribution in [0.15, 0.2) is 70.0 Å². The maximum absolute atomic E-state index is 13.5. The average molecular weight is 584 g/mol. The van der Waals surface area contributed by atoms with Gasteiger partial charge in [-0.1, -0.05) is 77.2 Å². The van der Waals surface area contributed by atoms with Crippen LogP contribution in [0.2, 0.25) is 10.0 Å². The molecule has 3 rings (SSSR count). The Morgan fingerprint density at radius 2 is 1.56 bits per heavy atom. The largest absolute Gasteiger partial charge is 0.324 e. The minimum atomic E-state index is -4.00. The molecule has 0 aliphatic rings. The van der Waals surface area contributed by atoms with Crippen molar-refractivity contribution in [2.24, 2.45) is 0 Å². The van der Waals surface area contributed by atoms with E-state index in [0.717, 1.165) is 38.4 Å². The lowest BCUT2D eigenvalue weighted by Gasteiger charge is -2.23. The molecule has 5 nitrogen and oxygen atoms in total. The molecule has 0 saturated heterocycles. The molecule has 0 bridgehead atoms. The van der Waals surface area contributed by atoms with Crippen LogP contribution in [0.3, 0.4) is 0 Å². The van der Waals surface area contributed by atoms with Gasteiger partial charge in [0.25, 0.3) is 0 Å². The lowest BCUT2D eigenvalue weighted by molar-refractivity contribution is -0.116. The molecule has 0 unspecified atom stereocenters. The second kappa shape index (κ2) is 11.7. The van der Waals surface area contributed by atoms with Gasteiger partial charge in [0.1, 0.15) is 0 Å². The second-order valence-corrected chi connectivity index (χ2v) is 11.4. The zero-order valence-corrected chi connectivity index (χ0v) is 22.7. The van der Waals surface area contributed by atoms with Crippen LogP contribution in [0, 0.1) is 0 Å². The molecule has 0 atom stereocenters. The summed E-state index contributed by atoms with van der Waals surface area (Å²) in [6.07, 6.45) is 1.48. The summed E-state index contributed by atoms with van der Waals surface area (Å²) in [5, 5.41) is 3.72. The number of halogens is 3. The third-order valence-electron chi connectivity index (χ3n) is 5.40. The maximum atomic E-state index is 13.5. The Balaban J connectivity index is 1.95. The fourth-order valence-electron chi connectivity index (χ4n) is 3.56. The van der Waals surface area contributed by atoms with E-state index in [4.69, 9.17) is 23.2 Å². The number of anilines is 1. The summed E-state index contributed by atoms with van der Waals surface area (Å²) in [6.45, 7) is 3.56. The minimum absolute atomic E-state index is 0.0804. The number of para-hydroxylation sites is 1. The highest BCUT2D eigenvalue weighted by Gasteiger charge is 2.28. The molecular weight excluding hydrogens is 559 g/mol.